The highest BCUT2D eigenvalue weighted by Gasteiger charge is 2.36. The van der Waals surface area contributed by atoms with Crippen LogP contribution in [-0.4, -0.2) is 89.7 Å². The molecule has 40 heavy (non-hydrogen) atoms. The quantitative estimate of drug-likeness (QED) is 0.185. The highest BCUT2D eigenvalue weighted by Crippen LogP contribution is 2.26. The first kappa shape index (κ1) is 32.8. The first-order valence-electron chi connectivity index (χ1n) is 14.0. The van der Waals surface area contributed by atoms with Gasteiger partial charge in [-0.15, -0.1) is 0 Å². The Kier molecular flexibility index (Phi) is 13.6. The summed E-state index contributed by atoms with van der Waals surface area (Å²) >= 11 is 0. The van der Waals surface area contributed by atoms with Gasteiger partial charge < -0.3 is 30.7 Å². The van der Waals surface area contributed by atoms with Gasteiger partial charge in [-0.05, 0) is 57.3 Å². The second kappa shape index (κ2) is 16.6. The number of hydrogen-bond donors (Lipinski definition) is 6. The molecule has 0 radical (unpaired) electrons. The average Bonchev–Trinajstić information content (AvgIpc) is 2.93. The van der Waals surface area contributed by atoms with Crippen molar-refractivity contribution in [3.63, 3.8) is 0 Å². The lowest BCUT2D eigenvalue weighted by Crippen LogP contribution is -2.52. The zero-order chi connectivity index (χ0) is 29.7. The van der Waals surface area contributed by atoms with Gasteiger partial charge in [0.2, 0.25) is 23.6 Å². The van der Waals surface area contributed by atoms with Crippen LogP contribution in [0.25, 0.3) is 0 Å². The van der Waals surface area contributed by atoms with Gasteiger partial charge in [-0.2, -0.15) is 0 Å². The largest absolute Gasteiger partial charge is 0.481 e. The second-order valence-electron chi connectivity index (χ2n) is 10.8. The lowest BCUT2D eigenvalue weighted by atomic mass is 9.81. The van der Waals surface area contributed by atoms with Crippen LogP contribution >= 0.6 is 0 Å². The summed E-state index contributed by atoms with van der Waals surface area (Å²) in [5.41, 5.74) is 1.63. The Morgan fingerprint density at radius 2 is 1.73 bits per heavy atom. The molecule has 2 saturated heterocycles. The molecule has 14 nitrogen and oxygen atoms in total. The highest BCUT2D eigenvalue weighted by atomic mass is 16.5. The minimum atomic E-state index is -0.998. The number of amides is 5. The van der Waals surface area contributed by atoms with Crippen molar-refractivity contribution in [2.45, 2.75) is 71.3 Å². The van der Waals surface area contributed by atoms with Crippen molar-refractivity contribution in [1.29, 1.82) is 0 Å². The van der Waals surface area contributed by atoms with E-state index in [1.54, 1.807) is 5.48 Å². The third-order valence-corrected chi connectivity index (χ3v) is 7.32. The summed E-state index contributed by atoms with van der Waals surface area (Å²) in [7, 11) is 0. The van der Waals surface area contributed by atoms with E-state index in [0.717, 1.165) is 0 Å². The van der Waals surface area contributed by atoms with Gasteiger partial charge in [-0.25, -0.2) is 10.3 Å². The predicted octanol–water partition coefficient (Wildman–Crippen LogP) is 0.385. The summed E-state index contributed by atoms with van der Waals surface area (Å²) in [6, 6.07) is -0.998. The molecule has 0 saturated carbocycles. The molecule has 3 atom stereocenters. The average molecular weight is 570 g/mol. The van der Waals surface area contributed by atoms with Crippen molar-refractivity contribution in [3.05, 3.63) is 0 Å². The molecule has 0 aliphatic carbocycles. The van der Waals surface area contributed by atoms with E-state index in [0.29, 0.717) is 38.6 Å². The van der Waals surface area contributed by atoms with Crippen molar-refractivity contribution < 1.29 is 43.8 Å². The van der Waals surface area contributed by atoms with E-state index in [1.807, 2.05) is 13.8 Å². The maximum atomic E-state index is 13.5. The number of aliphatic carboxylic acids is 1. The van der Waals surface area contributed by atoms with Crippen LogP contribution in [-0.2, 0) is 28.7 Å². The molecule has 2 aliphatic rings. The number of alkyl carbamates (subject to hydrolysis) is 1. The van der Waals surface area contributed by atoms with Gasteiger partial charge in [-0.1, -0.05) is 13.8 Å². The van der Waals surface area contributed by atoms with Crippen LogP contribution in [0.5, 0.6) is 0 Å². The Morgan fingerprint density at radius 1 is 1.02 bits per heavy atom. The molecule has 6 N–H and O–H groups in total. The molecule has 2 fully saturated rings. The molecule has 0 bridgehead atoms. The molecule has 0 spiro atoms. The summed E-state index contributed by atoms with van der Waals surface area (Å²) < 4.78 is 5.13. The monoisotopic (exact) mass is 569 g/mol. The summed E-state index contributed by atoms with van der Waals surface area (Å²) in [5, 5.41) is 26.4. The van der Waals surface area contributed by atoms with Crippen molar-refractivity contribution in [3.8, 4) is 0 Å². The molecular formula is C26H43N5O9. The maximum Gasteiger partial charge on any atom is 0.407 e. The van der Waals surface area contributed by atoms with E-state index >= 15 is 0 Å². The van der Waals surface area contributed by atoms with Crippen molar-refractivity contribution in [1.82, 2.24) is 26.3 Å². The normalized spacial score (nSPS) is 24.0. The number of carbonyl (C=O) groups excluding carboxylic acids is 5. The van der Waals surface area contributed by atoms with Crippen LogP contribution in [0.4, 0.5) is 4.79 Å². The van der Waals surface area contributed by atoms with E-state index in [9.17, 15) is 34.0 Å². The molecule has 14 heteroatoms. The number of likely N-dealkylation sites (tertiary alicyclic amines) is 1. The topological polar surface area (TPSA) is 203 Å². The van der Waals surface area contributed by atoms with Gasteiger partial charge in [0.1, 0.15) is 6.04 Å². The number of nitrogens with one attached hydrogen (secondary N) is 4. The van der Waals surface area contributed by atoms with E-state index in [1.165, 1.54) is 4.90 Å². The number of piperidine rings is 1. The maximum absolute atomic E-state index is 13.5. The zero-order valence-electron chi connectivity index (χ0n) is 23.3. The van der Waals surface area contributed by atoms with E-state index in [4.69, 9.17) is 9.84 Å². The van der Waals surface area contributed by atoms with Crippen LogP contribution < -0.4 is 21.4 Å². The minimum absolute atomic E-state index is 0.0176. The molecule has 2 heterocycles. The Labute approximate surface area is 233 Å². The molecule has 226 valence electrons. The minimum Gasteiger partial charge on any atom is -0.481 e. The third kappa shape index (κ3) is 10.6. The Hall–Kier alpha value is -3.42. The van der Waals surface area contributed by atoms with E-state index in [2.05, 4.69) is 16.0 Å². The Morgan fingerprint density at radius 3 is 2.35 bits per heavy atom. The summed E-state index contributed by atoms with van der Waals surface area (Å²) in [4.78, 5) is 76.4. The SMILES string of the molecule is CC(C)C[C@H]1C(=O)N[C@H](C(=O)NCC(=O)N2CCC(C(=O)O)CC2)CCCCNC(=O)OCCC[C@@H]1C(=O)NO. The summed E-state index contributed by atoms with van der Waals surface area (Å²) in [6.45, 7) is 4.38. The number of hydroxylamine groups is 1. The fourth-order valence-corrected chi connectivity index (χ4v) is 5.06. The van der Waals surface area contributed by atoms with Gasteiger partial charge in [-0.3, -0.25) is 29.2 Å². The summed E-state index contributed by atoms with van der Waals surface area (Å²) in [6.07, 6.45) is 2.03. The molecule has 0 aromatic rings. The molecule has 0 aromatic carbocycles. The molecule has 5 amide bonds. The summed E-state index contributed by atoms with van der Waals surface area (Å²) in [5.74, 6) is -5.32. The zero-order valence-corrected chi connectivity index (χ0v) is 23.3. The van der Waals surface area contributed by atoms with Gasteiger partial charge in [0.15, 0.2) is 0 Å². The highest BCUT2D eigenvalue weighted by molar-refractivity contribution is 5.93. The number of rotatable bonds is 7. The van der Waals surface area contributed by atoms with Gasteiger partial charge in [0, 0.05) is 25.6 Å². The van der Waals surface area contributed by atoms with Gasteiger partial charge in [0.05, 0.1) is 25.0 Å². The van der Waals surface area contributed by atoms with Crippen molar-refractivity contribution >= 4 is 35.7 Å². The van der Waals surface area contributed by atoms with Crippen molar-refractivity contribution in [2.75, 3.05) is 32.8 Å². The van der Waals surface area contributed by atoms with Gasteiger partial charge >= 0.3 is 12.1 Å². The molecular weight excluding hydrogens is 526 g/mol. The van der Waals surface area contributed by atoms with E-state index < -0.39 is 53.6 Å². The lowest BCUT2D eigenvalue weighted by Gasteiger charge is -2.30. The number of nitrogens with zero attached hydrogens (tertiary/aromatic N) is 1. The Balaban J connectivity index is 2.14. The van der Waals surface area contributed by atoms with Crippen LogP contribution in [0.15, 0.2) is 0 Å². The van der Waals surface area contributed by atoms with Crippen LogP contribution in [0.3, 0.4) is 0 Å². The number of cyclic esters (lactones) is 1. The number of carboxylic acid groups (broad SMARTS) is 1. The molecule has 2 rings (SSSR count). The van der Waals surface area contributed by atoms with Crippen molar-refractivity contribution in [2.24, 2.45) is 23.7 Å². The van der Waals surface area contributed by atoms with Crippen LogP contribution in [0.1, 0.15) is 65.2 Å². The number of carbonyl (C=O) groups is 6. The Bertz CT molecular complexity index is 905. The first-order chi connectivity index (χ1) is 19.0. The predicted molar refractivity (Wildman–Crippen MR) is 141 cm³/mol. The molecule has 0 aromatic heterocycles. The molecule has 0 unspecified atom stereocenters. The molecule has 2 aliphatic heterocycles. The van der Waals surface area contributed by atoms with Gasteiger partial charge in [0.25, 0.3) is 0 Å². The fourth-order valence-electron chi connectivity index (χ4n) is 5.06. The number of ether oxygens (including phenoxy) is 1. The number of hydrogen-bond acceptors (Lipinski definition) is 8. The second-order valence-corrected chi connectivity index (χ2v) is 10.8. The fraction of sp³-hybridized carbons (Fsp3) is 0.769. The standard InChI is InChI=1S/C26H43N5O9/c1-16(2)14-19-18(23(34)30-39)6-5-13-40-26(38)27-10-4-3-7-20(29-22(19)33)24(35)28-15-21(32)31-11-8-17(9-12-31)25(36)37/h16-20,39H,3-15H2,1-2H3,(H,27,38)(H,28,35)(H,29,33)(H,30,34)(H,36,37)/t18-,19+,20-/m0/s1. The first-order valence-corrected chi connectivity index (χ1v) is 14.0. The van der Waals surface area contributed by atoms with Crippen LogP contribution in [0.2, 0.25) is 0 Å². The van der Waals surface area contributed by atoms with E-state index in [-0.39, 0.29) is 57.3 Å². The third-order valence-electron chi connectivity index (χ3n) is 7.32. The van der Waals surface area contributed by atoms with Crippen LogP contribution in [0, 0.1) is 23.7 Å². The lowest BCUT2D eigenvalue weighted by molar-refractivity contribution is -0.145. The smallest absolute Gasteiger partial charge is 0.407 e. The number of carboxylic acids is 1.